The minimum atomic E-state index is -0.763. The van der Waals surface area contributed by atoms with Gasteiger partial charge in [0.25, 0.3) is 5.91 Å². The number of aromatic nitrogens is 2. The van der Waals surface area contributed by atoms with Crippen molar-refractivity contribution < 1.29 is 18.3 Å². The smallest absolute Gasteiger partial charge is 0.254 e. The van der Waals surface area contributed by atoms with E-state index in [1.807, 2.05) is 41.1 Å². The van der Waals surface area contributed by atoms with Gasteiger partial charge in [-0.05, 0) is 30.3 Å². The summed E-state index contributed by atoms with van der Waals surface area (Å²) in [6, 6.07) is 14.2. The molecular weight excluding hydrogens is 352 g/mol. The molecule has 4 rings (SSSR count). The number of carbonyl (C=O) groups excluding carboxylic acids is 1. The Morgan fingerprint density at radius 1 is 1.04 bits per heavy atom. The molecule has 1 amide bonds. The first-order valence-electron chi connectivity index (χ1n) is 8.57. The van der Waals surface area contributed by atoms with E-state index in [0.717, 1.165) is 35.3 Å². The minimum absolute atomic E-state index is 0.00750. The topological polar surface area (TPSA) is 47.4 Å². The quantitative estimate of drug-likeness (QED) is 0.708. The Labute approximate surface area is 154 Å². The predicted octanol–water partition coefficient (Wildman–Crippen LogP) is 3.40. The number of nitrogens with zero attached hydrogens (tertiary/aromatic N) is 3. The number of carbonyl (C=O) groups is 1. The molecule has 0 aliphatic carbocycles. The summed E-state index contributed by atoms with van der Waals surface area (Å²) in [4.78, 5) is 14.1. The fraction of sp³-hybridized carbons (Fsp3) is 0.200. The first kappa shape index (κ1) is 17.2. The molecule has 0 bridgehead atoms. The van der Waals surface area contributed by atoms with E-state index in [-0.39, 0.29) is 5.56 Å². The highest BCUT2D eigenvalue weighted by molar-refractivity contribution is 5.94. The highest BCUT2D eigenvalue weighted by Gasteiger charge is 2.24. The molecule has 1 aliphatic heterocycles. The summed E-state index contributed by atoms with van der Waals surface area (Å²) in [5.74, 6) is -1.17. The van der Waals surface area contributed by atoms with Crippen molar-refractivity contribution in [3.05, 3.63) is 83.2 Å². The molecule has 1 aromatic heterocycles. The predicted molar refractivity (Wildman–Crippen MR) is 94.1 cm³/mol. The van der Waals surface area contributed by atoms with E-state index in [4.69, 9.17) is 4.74 Å². The van der Waals surface area contributed by atoms with E-state index >= 15 is 0 Å². The van der Waals surface area contributed by atoms with Crippen molar-refractivity contribution in [2.45, 2.75) is 19.7 Å². The normalized spacial score (nSPS) is 13.3. The van der Waals surface area contributed by atoms with Crippen LogP contribution in [0.2, 0.25) is 0 Å². The summed E-state index contributed by atoms with van der Waals surface area (Å²) in [6.07, 6.45) is 0. The fourth-order valence-corrected chi connectivity index (χ4v) is 3.10. The molecule has 0 fully saturated rings. The van der Waals surface area contributed by atoms with Gasteiger partial charge in [0, 0.05) is 18.2 Å². The molecular formula is C20H17F2N3O2. The number of hydrogen-bond donors (Lipinski definition) is 0. The van der Waals surface area contributed by atoms with Crippen LogP contribution in [-0.4, -0.2) is 27.1 Å². The van der Waals surface area contributed by atoms with Crippen LogP contribution in [0.25, 0.3) is 0 Å². The zero-order valence-electron chi connectivity index (χ0n) is 14.4. The molecule has 7 heteroatoms. The zero-order chi connectivity index (χ0) is 18.8. The lowest BCUT2D eigenvalue weighted by atomic mass is 10.1. The van der Waals surface area contributed by atoms with Crippen LogP contribution >= 0.6 is 0 Å². The lowest BCUT2D eigenvalue weighted by Crippen LogP contribution is -2.38. The summed E-state index contributed by atoms with van der Waals surface area (Å²) < 4.78 is 34.3. The molecule has 1 aliphatic rings. The maximum Gasteiger partial charge on any atom is 0.254 e. The molecule has 138 valence electrons. The molecule has 2 aromatic carbocycles. The summed E-state index contributed by atoms with van der Waals surface area (Å²) >= 11 is 0. The van der Waals surface area contributed by atoms with E-state index in [1.54, 1.807) is 4.90 Å². The second-order valence-electron chi connectivity index (χ2n) is 6.34. The van der Waals surface area contributed by atoms with E-state index in [9.17, 15) is 13.6 Å². The Morgan fingerprint density at radius 2 is 1.78 bits per heavy atom. The average molecular weight is 369 g/mol. The second kappa shape index (κ2) is 7.19. The van der Waals surface area contributed by atoms with Crippen LogP contribution in [0.1, 0.15) is 21.7 Å². The maximum atomic E-state index is 13.4. The second-order valence-corrected chi connectivity index (χ2v) is 6.34. The fourth-order valence-electron chi connectivity index (χ4n) is 3.10. The zero-order valence-corrected chi connectivity index (χ0v) is 14.4. The van der Waals surface area contributed by atoms with Gasteiger partial charge in [-0.15, -0.1) is 0 Å². The molecule has 0 N–H and O–H groups in total. The number of halogens is 2. The Balaban J connectivity index is 1.45. The van der Waals surface area contributed by atoms with Gasteiger partial charge in [-0.3, -0.25) is 9.48 Å². The minimum Gasteiger partial charge on any atom is -0.487 e. The average Bonchev–Trinajstić information content (AvgIpc) is 3.08. The Hall–Kier alpha value is -3.22. The molecule has 0 atom stereocenters. The van der Waals surface area contributed by atoms with Crippen molar-refractivity contribution >= 4 is 5.91 Å². The number of benzene rings is 2. The first-order chi connectivity index (χ1) is 13.1. The van der Waals surface area contributed by atoms with Gasteiger partial charge in [-0.1, -0.05) is 18.2 Å². The number of hydrogen-bond acceptors (Lipinski definition) is 3. The van der Waals surface area contributed by atoms with Gasteiger partial charge in [0.05, 0.1) is 18.8 Å². The van der Waals surface area contributed by atoms with E-state index < -0.39 is 17.5 Å². The van der Waals surface area contributed by atoms with Crippen LogP contribution in [0, 0.1) is 11.6 Å². The third-order valence-corrected chi connectivity index (χ3v) is 4.38. The molecule has 27 heavy (non-hydrogen) atoms. The van der Waals surface area contributed by atoms with E-state index in [0.29, 0.717) is 26.2 Å². The Bertz CT molecular complexity index is 952. The van der Waals surface area contributed by atoms with Crippen LogP contribution in [0.15, 0.2) is 54.6 Å². The van der Waals surface area contributed by atoms with Crippen molar-refractivity contribution in [3.63, 3.8) is 0 Å². The van der Waals surface area contributed by atoms with Crippen molar-refractivity contribution in [2.24, 2.45) is 0 Å². The van der Waals surface area contributed by atoms with Gasteiger partial charge in [0.2, 0.25) is 0 Å². The SMILES string of the molecule is O=C(c1cc(F)cc(F)c1)N1CCn2nc(COc3ccccc3)cc2C1. The van der Waals surface area contributed by atoms with Crippen molar-refractivity contribution in [1.82, 2.24) is 14.7 Å². The summed E-state index contributed by atoms with van der Waals surface area (Å²) in [5.41, 5.74) is 1.63. The number of amides is 1. The van der Waals surface area contributed by atoms with Crippen molar-refractivity contribution in [1.29, 1.82) is 0 Å². The van der Waals surface area contributed by atoms with Crippen molar-refractivity contribution in [3.8, 4) is 5.75 Å². The van der Waals surface area contributed by atoms with Crippen LogP contribution in [-0.2, 0) is 19.7 Å². The van der Waals surface area contributed by atoms with Gasteiger partial charge in [0.1, 0.15) is 29.7 Å². The maximum absolute atomic E-state index is 13.4. The summed E-state index contributed by atoms with van der Waals surface area (Å²) in [5, 5.41) is 4.49. The molecule has 0 radical (unpaired) electrons. The molecule has 0 saturated carbocycles. The summed E-state index contributed by atoms with van der Waals surface area (Å²) in [7, 11) is 0. The van der Waals surface area contributed by atoms with Crippen LogP contribution in [0.3, 0.4) is 0 Å². The highest BCUT2D eigenvalue weighted by atomic mass is 19.1. The van der Waals surface area contributed by atoms with Crippen LogP contribution in [0.4, 0.5) is 8.78 Å². The van der Waals surface area contributed by atoms with E-state index in [1.165, 1.54) is 0 Å². The Kier molecular flexibility index (Phi) is 4.58. The van der Waals surface area contributed by atoms with E-state index in [2.05, 4.69) is 5.10 Å². The summed E-state index contributed by atoms with van der Waals surface area (Å²) in [6.45, 7) is 1.59. The standard InChI is InChI=1S/C20H17F2N3O2/c21-15-8-14(9-16(22)10-15)20(26)24-6-7-25-18(12-24)11-17(23-25)13-27-19-4-2-1-3-5-19/h1-5,8-11H,6-7,12-13H2. The highest BCUT2D eigenvalue weighted by Crippen LogP contribution is 2.19. The number of rotatable bonds is 4. The van der Waals surface area contributed by atoms with Gasteiger partial charge in [0.15, 0.2) is 0 Å². The number of para-hydroxylation sites is 1. The van der Waals surface area contributed by atoms with Crippen LogP contribution < -0.4 is 4.74 Å². The largest absolute Gasteiger partial charge is 0.487 e. The van der Waals surface area contributed by atoms with Gasteiger partial charge >= 0.3 is 0 Å². The number of fused-ring (bicyclic) bond motifs is 1. The molecule has 5 nitrogen and oxygen atoms in total. The third kappa shape index (κ3) is 3.81. The molecule has 2 heterocycles. The van der Waals surface area contributed by atoms with Crippen molar-refractivity contribution in [2.75, 3.05) is 6.54 Å². The molecule has 0 unspecified atom stereocenters. The van der Waals surface area contributed by atoms with Crippen LogP contribution in [0.5, 0.6) is 5.75 Å². The first-order valence-corrected chi connectivity index (χ1v) is 8.57. The lowest BCUT2D eigenvalue weighted by molar-refractivity contribution is 0.0705. The Morgan fingerprint density at radius 3 is 2.52 bits per heavy atom. The molecule has 3 aromatic rings. The monoisotopic (exact) mass is 369 g/mol. The molecule has 0 spiro atoms. The third-order valence-electron chi connectivity index (χ3n) is 4.38. The number of ether oxygens (including phenoxy) is 1. The molecule has 0 saturated heterocycles. The lowest BCUT2D eigenvalue weighted by Gasteiger charge is -2.27. The van der Waals surface area contributed by atoms with Gasteiger partial charge in [-0.25, -0.2) is 8.78 Å². The van der Waals surface area contributed by atoms with Gasteiger partial charge in [-0.2, -0.15) is 5.10 Å². The van der Waals surface area contributed by atoms with Gasteiger partial charge < -0.3 is 9.64 Å².